The number of rotatable bonds is 11. The topological polar surface area (TPSA) is 105 Å². The molecule has 0 fully saturated rings. The monoisotopic (exact) mass is 513 g/mol. The third-order valence-corrected chi connectivity index (χ3v) is 5.33. The van der Waals surface area contributed by atoms with Crippen LogP contribution in [0.1, 0.15) is 0 Å². The van der Waals surface area contributed by atoms with Crippen LogP contribution in [0.25, 0.3) is 11.4 Å². The maximum atomic E-state index is 14.2. The average Bonchev–Trinajstić information content (AvgIpc) is 2.87. The highest BCUT2D eigenvalue weighted by Gasteiger charge is 2.18. The minimum atomic E-state index is -0.884. The van der Waals surface area contributed by atoms with Crippen molar-refractivity contribution >= 4 is 28.9 Å². The molecule has 0 saturated carbocycles. The Bertz CT molecular complexity index is 1260. The Balaban J connectivity index is 1.99. The lowest BCUT2D eigenvalue weighted by Crippen LogP contribution is -2.29. The number of hydrogen-bond donors (Lipinski definition) is 2. The maximum Gasteiger partial charge on any atom is 0.247 e. The summed E-state index contributed by atoms with van der Waals surface area (Å²) in [5.41, 5.74) is 1.77. The number of aromatic nitrogens is 3. The number of hydrogen-bond acceptors (Lipinski definition) is 9. The maximum absolute atomic E-state index is 14.2. The van der Waals surface area contributed by atoms with Crippen LogP contribution in [0, 0.1) is 11.6 Å². The predicted octanol–water partition coefficient (Wildman–Crippen LogP) is 3.70. The van der Waals surface area contributed by atoms with Crippen LogP contribution >= 0.6 is 0 Å². The molecule has 0 bridgehead atoms. The van der Waals surface area contributed by atoms with E-state index < -0.39 is 17.4 Å². The number of nitrogens with zero attached hydrogens (tertiary/aromatic N) is 5. The fraction of sp³-hybridized carbons (Fsp3) is 0.280. The second kappa shape index (κ2) is 12.1. The third-order valence-electron chi connectivity index (χ3n) is 5.33. The number of amides is 1. The number of ether oxygens (including phenoxy) is 2. The van der Waals surface area contributed by atoms with Gasteiger partial charge in [0, 0.05) is 31.8 Å². The van der Waals surface area contributed by atoms with Crippen molar-refractivity contribution in [3.8, 4) is 22.9 Å². The van der Waals surface area contributed by atoms with Crippen molar-refractivity contribution in [1.82, 2.24) is 19.9 Å². The van der Waals surface area contributed by atoms with Gasteiger partial charge in [-0.15, -0.1) is 0 Å². The zero-order valence-electron chi connectivity index (χ0n) is 21.3. The lowest BCUT2D eigenvalue weighted by molar-refractivity contribution is -0.111. The Kier molecular flexibility index (Phi) is 8.90. The molecule has 0 spiro atoms. The van der Waals surface area contributed by atoms with Crippen LogP contribution in [0.2, 0.25) is 0 Å². The summed E-state index contributed by atoms with van der Waals surface area (Å²) in [6, 6.07) is 5.59. The molecule has 3 rings (SSSR count). The Hall–Kier alpha value is -4.32. The van der Waals surface area contributed by atoms with Crippen molar-refractivity contribution in [2.24, 2.45) is 0 Å². The van der Waals surface area contributed by atoms with Gasteiger partial charge in [-0.3, -0.25) is 4.79 Å². The summed E-state index contributed by atoms with van der Waals surface area (Å²) in [7, 11) is 8.53. The Labute approximate surface area is 214 Å². The van der Waals surface area contributed by atoms with Crippen molar-refractivity contribution in [1.29, 1.82) is 0 Å². The summed E-state index contributed by atoms with van der Waals surface area (Å²) in [6.45, 7) is 4.99. The predicted molar refractivity (Wildman–Crippen MR) is 139 cm³/mol. The summed E-state index contributed by atoms with van der Waals surface area (Å²) in [5, 5.41) is 5.84. The molecule has 0 unspecified atom stereocenters. The Morgan fingerprint density at radius 3 is 2.32 bits per heavy atom. The first-order valence-electron chi connectivity index (χ1n) is 11.2. The van der Waals surface area contributed by atoms with Gasteiger partial charge in [-0.05, 0) is 38.4 Å². The molecular formula is C25H29F2N7O3. The highest BCUT2D eigenvalue weighted by Crippen LogP contribution is 2.38. The first-order chi connectivity index (χ1) is 17.7. The van der Waals surface area contributed by atoms with E-state index in [9.17, 15) is 13.6 Å². The van der Waals surface area contributed by atoms with Crippen molar-refractivity contribution in [2.75, 3.05) is 64.0 Å². The Morgan fingerprint density at radius 1 is 1.03 bits per heavy atom. The largest absolute Gasteiger partial charge is 0.494 e. The van der Waals surface area contributed by atoms with E-state index in [4.69, 9.17) is 9.47 Å². The molecule has 2 aromatic carbocycles. The molecule has 0 radical (unpaired) electrons. The van der Waals surface area contributed by atoms with Crippen LogP contribution < -0.4 is 25.0 Å². The molecule has 12 heteroatoms. The molecule has 3 aromatic rings. The average molecular weight is 514 g/mol. The molecule has 10 nitrogen and oxygen atoms in total. The first kappa shape index (κ1) is 27.3. The number of benzene rings is 2. The summed E-state index contributed by atoms with van der Waals surface area (Å²) in [6.07, 6.45) is 2.38. The molecule has 0 aliphatic carbocycles. The van der Waals surface area contributed by atoms with Crippen LogP contribution in [-0.4, -0.2) is 74.2 Å². The number of nitrogens with one attached hydrogen (secondary N) is 2. The first-order valence-corrected chi connectivity index (χ1v) is 11.2. The van der Waals surface area contributed by atoms with Gasteiger partial charge in [0.2, 0.25) is 11.9 Å². The molecule has 1 amide bonds. The third kappa shape index (κ3) is 6.67. The number of methoxy groups -OCH3 is 2. The number of carbonyl (C=O) groups is 1. The molecule has 37 heavy (non-hydrogen) atoms. The highest BCUT2D eigenvalue weighted by molar-refractivity contribution is 6.02. The zero-order valence-corrected chi connectivity index (χ0v) is 21.3. The lowest BCUT2D eigenvalue weighted by Gasteiger charge is -2.26. The van der Waals surface area contributed by atoms with Crippen molar-refractivity contribution in [3.63, 3.8) is 0 Å². The number of carbonyl (C=O) groups excluding carboxylic acids is 1. The van der Waals surface area contributed by atoms with Gasteiger partial charge in [0.15, 0.2) is 23.2 Å². The van der Waals surface area contributed by atoms with E-state index in [0.29, 0.717) is 23.7 Å². The molecule has 1 aromatic heterocycles. The molecule has 0 atom stereocenters. The minimum absolute atomic E-state index is 0.0390. The van der Waals surface area contributed by atoms with E-state index >= 15 is 0 Å². The summed E-state index contributed by atoms with van der Waals surface area (Å²) in [5.74, 6) is -2.06. The molecule has 196 valence electrons. The smallest absolute Gasteiger partial charge is 0.247 e. The molecule has 2 N–H and O–H groups in total. The summed E-state index contributed by atoms with van der Waals surface area (Å²) < 4.78 is 38.7. The molecule has 0 aliphatic rings. The van der Waals surface area contributed by atoms with Crippen molar-refractivity contribution in [2.45, 2.75) is 0 Å². The second-order valence-electron chi connectivity index (χ2n) is 8.22. The number of anilines is 4. The van der Waals surface area contributed by atoms with Gasteiger partial charge in [0.1, 0.15) is 12.1 Å². The lowest BCUT2D eigenvalue weighted by atomic mass is 10.2. The van der Waals surface area contributed by atoms with Crippen molar-refractivity contribution < 1.29 is 23.0 Å². The zero-order chi connectivity index (χ0) is 27.1. The summed E-state index contributed by atoms with van der Waals surface area (Å²) >= 11 is 0. The standard InChI is InChI=1S/C25H29F2N7O3/c1-7-22(35)30-18-12-19(21(36-5)13-20(18)34(4)9-8-33(2)3)31-25-29-14-28-24(32-25)15-10-16(26)23(37-6)17(27)11-15/h7,10-14H,1,8-9H2,2-6H3,(H,30,35)(H,28,29,31,32). The van der Waals surface area contributed by atoms with Gasteiger partial charge in [0.05, 0.1) is 31.3 Å². The van der Waals surface area contributed by atoms with Crippen LogP contribution in [-0.2, 0) is 4.79 Å². The fourth-order valence-corrected chi connectivity index (χ4v) is 3.41. The molecule has 0 saturated heterocycles. The molecule has 1 heterocycles. The van der Waals surface area contributed by atoms with E-state index in [0.717, 1.165) is 24.4 Å². The van der Waals surface area contributed by atoms with Crippen LogP contribution in [0.3, 0.4) is 0 Å². The van der Waals surface area contributed by atoms with E-state index in [1.807, 2.05) is 30.9 Å². The van der Waals surface area contributed by atoms with E-state index in [-0.39, 0.29) is 23.2 Å². The minimum Gasteiger partial charge on any atom is -0.494 e. The fourth-order valence-electron chi connectivity index (χ4n) is 3.41. The molecule has 0 aliphatic heterocycles. The van der Waals surface area contributed by atoms with Crippen LogP contribution in [0.15, 0.2) is 43.2 Å². The molecular weight excluding hydrogens is 484 g/mol. The van der Waals surface area contributed by atoms with Gasteiger partial charge in [-0.25, -0.2) is 18.7 Å². The second-order valence-corrected chi connectivity index (χ2v) is 8.22. The highest BCUT2D eigenvalue weighted by atomic mass is 19.1. The number of halogens is 2. The van der Waals surface area contributed by atoms with Gasteiger partial charge < -0.3 is 29.9 Å². The van der Waals surface area contributed by atoms with Gasteiger partial charge in [-0.2, -0.15) is 4.98 Å². The van der Waals surface area contributed by atoms with E-state index in [1.54, 1.807) is 12.1 Å². The normalized spacial score (nSPS) is 10.7. The van der Waals surface area contributed by atoms with Gasteiger partial charge >= 0.3 is 0 Å². The quantitative estimate of drug-likeness (QED) is 0.371. The van der Waals surface area contributed by atoms with Crippen LogP contribution in [0.4, 0.5) is 31.8 Å². The van der Waals surface area contributed by atoms with Gasteiger partial charge in [0.25, 0.3) is 0 Å². The number of likely N-dealkylation sites (N-methyl/N-ethyl adjacent to an activating group) is 2. The van der Waals surface area contributed by atoms with Crippen LogP contribution in [0.5, 0.6) is 11.5 Å². The van der Waals surface area contributed by atoms with E-state index in [1.165, 1.54) is 26.6 Å². The Morgan fingerprint density at radius 2 is 1.73 bits per heavy atom. The van der Waals surface area contributed by atoms with Crippen molar-refractivity contribution in [3.05, 3.63) is 54.9 Å². The van der Waals surface area contributed by atoms with E-state index in [2.05, 4.69) is 32.2 Å². The SMILES string of the molecule is C=CC(=O)Nc1cc(Nc2ncnc(-c3cc(F)c(OC)c(F)c3)n2)c(OC)cc1N(C)CCN(C)C. The van der Waals surface area contributed by atoms with Gasteiger partial charge in [-0.1, -0.05) is 6.58 Å². The summed E-state index contributed by atoms with van der Waals surface area (Å²) in [4.78, 5) is 28.6.